The van der Waals surface area contributed by atoms with Gasteiger partial charge in [-0.15, -0.1) is 20.1 Å². The van der Waals surface area contributed by atoms with E-state index >= 15 is 0 Å². The van der Waals surface area contributed by atoms with Crippen LogP contribution in [-0.4, -0.2) is 42.2 Å². The number of carbonyl (C=O) groups is 1. The molecule has 2 bridgehead atoms. The number of piperidine rings is 1. The number of alkyl halides is 3. The van der Waals surface area contributed by atoms with Crippen LogP contribution in [0.15, 0.2) is 28.8 Å². The number of halogens is 4. The lowest BCUT2D eigenvalue weighted by molar-refractivity contribution is -0.137. The molecule has 1 aromatic carbocycles. The average molecular weight is 465 g/mol. The zero-order valence-electron chi connectivity index (χ0n) is 17.6. The number of hydrogen-bond donors (Lipinski definition) is 1. The second-order valence-electron chi connectivity index (χ2n) is 8.55. The molecule has 33 heavy (non-hydrogen) atoms. The van der Waals surface area contributed by atoms with Crippen LogP contribution >= 0.6 is 0 Å². The predicted octanol–water partition coefficient (Wildman–Crippen LogP) is 4.05. The van der Waals surface area contributed by atoms with Crippen LogP contribution in [-0.2, 0) is 11.7 Å². The lowest BCUT2D eigenvalue weighted by atomic mass is 9.64. The number of anilines is 1. The topological polar surface area (TPSA) is 102 Å². The molecule has 1 aliphatic heterocycles. The van der Waals surface area contributed by atoms with Crippen molar-refractivity contribution in [3.63, 3.8) is 0 Å². The third-order valence-electron chi connectivity index (χ3n) is 6.14. The van der Waals surface area contributed by atoms with Gasteiger partial charge in [0, 0.05) is 25.1 Å². The van der Waals surface area contributed by atoms with E-state index in [4.69, 9.17) is 4.42 Å². The van der Waals surface area contributed by atoms with Crippen molar-refractivity contribution in [2.75, 3.05) is 5.32 Å². The van der Waals surface area contributed by atoms with Crippen LogP contribution in [0.1, 0.15) is 43.5 Å². The summed E-state index contributed by atoms with van der Waals surface area (Å²) in [7, 11) is 0. The van der Waals surface area contributed by atoms with Gasteiger partial charge in [0.25, 0.3) is 5.95 Å². The van der Waals surface area contributed by atoms with E-state index in [0.29, 0.717) is 41.5 Å². The van der Waals surface area contributed by atoms with Gasteiger partial charge in [-0.05, 0) is 37.0 Å². The van der Waals surface area contributed by atoms with Crippen molar-refractivity contribution < 1.29 is 26.8 Å². The van der Waals surface area contributed by atoms with E-state index in [1.165, 1.54) is 0 Å². The Hall–Kier alpha value is -3.51. The van der Waals surface area contributed by atoms with Crippen molar-refractivity contribution in [1.29, 1.82) is 0 Å². The number of nitrogens with zero attached hydrogens (tertiary/aromatic N) is 6. The van der Waals surface area contributed by atoms with E-state index in [0.717, 1.165) is 24.6 Å². The van der Waals surface area contributed by atoms with Gasteiger partial charge in [0.2, 0.25) is 11.8 Å². The first kappa shape index (κ1) is 21.3. The molecule has 0 radical (unpaired) electrons. The first-order valence-corrected chi connectivity index (χ1v) is 10.3. The van der Waals surface area contributed by atoms with Crippen LogP contribution in [0, 0.1) is 18.8 Å². The summed E-state index contributed by atoms with van der Waals surface area (Å²) in [6.45, 7) is 3.74. The fraction of sp³-hybridized carbons (Fsp3) is 0.450. The molecule has 1 saturated carbocycles. The molecule has 1 saturated heterocycles. The highest BCUT2D eigenvalue weighted by Gasteiger charge is 2.62. The largest absolute Gasteiger partial charge is 0.423 e. The number of nitrogens with one attached hydrogen (secondary N) is 1. The summed E-state index contributed by atoms with van der Waals surface area (Å²) in [6, 6.07) is 2.42. The summed E-state index contributed by atoms with van der Waals surface area (Å²) >= 11 is 0. The number of aromatic nitrogens is 5. The Kier molecular flexibility index (Phi) is 4.69. The number of hydrogen-bond acceptors (Lipinski definition) is 6. The molecule has 2 aliphatic rings. The lowest BCUT2D eigenvalue weighted by Gasteiger charge is -2.61. The third kappa shape index (κ3) is 3.51. The standard InChI is InChI=1S/C20H19F4N7O2/c1-10-5-13-8-19(7-10,17-28-27-11(2)33-17)30(13)18(32)26-12-3-4-14(20(22,23)24)15(6-12)31-25-9-16(21)29-31/h3-4,6,9-10,13H,5,7-8H2,1-2H3,(H,26,32)/t10-,13+,19-/m0/s1. The van der Waals surface area contributed by atoms with Crippen molar-refractivity contribution >= 4 is 11.7 Å². The van der Waals surface area contributed by atoms with Gasteiger partial charge < -0.3 is 14.6 Å². The Labute approximate surface area is 184 Å². The number of aryl methyl sites for hydroxylation is 1. The number of benzene rings is 1. The molecule has 1 N–H and O–H groups in total. The molecule has 2 aromatic heterocycles. The Bertz CT molecular complexity index is 1220. The van der Waals surface area contributed by atoms with E-state index in [1.54, 1.807) is 11.8 Å². The Morgan fingerprint density at radius 2 is 2.06 bits per heavy atom. The predicted molar refractivity (Wildman–Crippen MR) is 105 cm³/mol. The maximum Gasteiger partial charge on any atom is 0.418 e. The van der Waals surface area contributed by atoms with Crippen molar-refractivity contribution in [2.24, 2.45) is 5.92 Å². The highest BCUT2D eigenvalue weighted by molar-refractivity contribution is 5.91. The summed E-state index contributed by atoms with van der Waals surface area (Å²) in [4.78, 5) is 15.4. The fourth-order valence-electron chi connectivity index (χ4n) is 4.99. The maximum absolute atomic E-state index is 13.5. The molecule has 3 aromatic rings. The monoisotopic (exact) mass is 465 g/mol. The fourth-order valence-corrected chi connectivity index (χ4v) is 4.99. The van der Waals surface area contributed by atoms with Crippen LogP contribution in [0.4, 0.5) is 28.0 Å². The molecule has 2 amide bonds. The van der Waals surface area contributed by atoms with Gasteiger partial charge in [-0.25, -0.2) is 4.79 Å². The molecule has 3 atom stereocenters. The minimum Gasteiger partial charge on any atom is -0.423 e. The Morgan fingerprint density at radius 3 is 2.70 bits per heavy atom. The molecule has 0 unspecified atom stereocenters. The number of rotatable bonds is 3. The molecule has 9 nitrogen and oxygen atoms in total. The van der Waals surface area contributed by atoms with Gasteiger partial charge in [-0.1, -0.05) is 6.92 Å². The number of likely N-dealkylation sites (tertiary alicyclic amines) is 1. The first-order valence-electron chi connectivity index (χ1n) is 10.3. The van der Waals surface area contributed by atoms with Crippen molar-refractivity contribution in [3.05, 3.63) is 47.7 Å². The van der Waals surface area contributed by atoms with E-state index in [9.17, 15) is 22.4 Å². The van der Waals surface area contributed by atoms with Gasteiger partial charge in [-0.3, -0.25) is 0 Å². The molecule has 5 rings (SSSR count). The first-order chi connectivity index (χ1) is 15.6. The minimum absolute atomic E-state index is 0.0586. The van der Waals surface area contributed by atoms with E-state index in [-0.39, 0.29) is 11.7 Å². The summed E-state index contributed by atoms with van der Waals surface area (Å²) in [5, 5.41) is 17.5. The quantitative estimate of drug-likeness (QED) is 0.586. The minimum atomic E-state index is -4.73. The summed E-state index contributed by atoms with van der Waals surface area (Å²) < 4.78 is 59.4. The summed E-state index contributed by atoms with van der Waals surface area (Å²) in [5.41, 5.74) is -2.25. The summed E-state index contributed by atoms with van der Waals surface area (Å²) in [6.07, 6.45) is -1.94. The lowest BCUT2D eigenvalue weighted by Crippen LogP contribution is -2.70. The molecule has 0 spiro atoms. The highest BCUT2D eigenvalue weighted by atomic mass is 19.4. The van der Waals surface area contributed by atoms with Crippen molar-refractivity contribution in [3.8, 4) is 5.69 Å². The van der Waals surface area contributed by atoms with Crippen LogP contribution in [0.5, 0.6) is 0 Å². The second kappa shape index (κ2) is 7.25. The van der Waals surface area contributed by atoms with Crippen LogP contribution in [0.25, 0.3) is 5.69 Å². The molecular weight excluding hydrogens is 446 g/mol. The normalized spacial score (nSPS) is 24.5. The number of amides is 2. The van der Waals surface area contributed by atoms with Gasteiger partial charge in [0.15, 0.2) is 0 Å². The van der Waals surface area contributed by atoms with Gasteiger partial charge in [-0.2, -0.15) is 22.7 Å². The van der Waals surface area contributed by atoms with E-state index in [1.807, 2.05) is 0 Å². The molecule has 2 fully saturated rings. The molecule has 13 heteroatoms. The zero-order valence-corrected chi connectivity index (χ0v) is 17.6. The smallest absolute Gasteiger partial charge is 0.418 e. The third-order valence-corrected chi connectivity index (χ3v) is 6.14. The van der Waals surface area contributed by atoms with Crippen LogP contribution in [0.2, 0.25) is 0 Å². The van der Waals surface area contributed by atoms with Crippen LogP contribution < -0.4 is 5.32 Å². The second-order valence-corrected chi connectivity index (χ2v) is 8.55. The Morgan fingerprint density at radius 1 is 1.27 bits per heavy atom. The number of urea groups is 1. The van der Waals surface area contributed by atoms with E-state index in [2.05, 4.69) is 32.6 Å². The van der Waals surface area contributed by atoms with Gasteiger partial charge in [0.1, 0.15) is 17.4 Å². The van der Waals surface area contributed by atoms with Gasteiger partial charge in [0.05, 0.1) is 5.56 Å². The molecule has 3 heterocycles. The number of fused-ring (bicyclic) bond motifs is 2. The number of carbonyl (C=O) groups excluding carboxylic acids is 1. The molecule has 174 valence electrons. The van der Waals surface area contributed by atoms with Crippen molar-refractivity contribution in [1.82, 2.24) is 30.1 Å². The summed E-state index contributed by atoms with van der Waals surface area (Å²) in [5.74, 6) is 0.0327. The SMILES string of the molecule is Cc1nnc([C@]23C[C@@H](C)C[C@H](C2)N3C(=O)Nc2ccc(C(F)(F)F)c(-n3ncc(F)n3)c2)o1. The average Bonchev–Trinajstić information content (AvgIpc) is 3.35. The van der Waals surface area contributed by atoms with Crippen molar-refractivity contribution in [2.45, 2.75) is 50.9 Å². The molecular formula is C20H19F4N7O2. The Balaban J connectivity index is 1.46. The van der Waals surface area contributed by atoms with Crippen LogP contribution in [0.3, 0.4) is 0 Å². The molecule has 1 aliphatic carbocycles. The van der Waals surface area contributed by atoms with Gasteiger partial charge >= 0.3 is 12.2 Å². The zero-order chi connectivity index (χ0) is 23.5. The highest BCUT2D eigenvalue weighted by Crippen LogP contribution is 2.55. The van der Waals surface area contributed by atoms with E-state index < -0.39 is 34.9 Å². The maximum atomic E-state index is 13.5.